The van der Waals surface area contributed by atoms with Crippen LogP contribution in [0.25, 0.3) is 0 Å². The van der Waals surface area contributed by atoms with Gasteiger partial charge in [-0.2, -0.15) is 0 Å². The summed E-state index contributed by atoms with van der Waals surface area (Å²) in [6, 6.07) is 0.709. The molecule has 0 aromatic rings. The van der Waals surface area contributed by atoms with Crippen molar-refractivity contribution in [2.45, 2.75) is 70.4 Å². The van der Waals surface area contributed by atoms with Gasteiger partial charge in [-0.1, -0.05) is 26.7 Å². The molecule has 1 saturated carbocycles. The standard InChI is InChI=1S/C14H27NO/c1-3-9-15-13-7-10-16-14(11-13)8-5-6-12(14)4-2/h12-13,15H,3-11H2,1-2H3. The molecule has 1 spiro atoms. The largest absolute Gasteiger partial charge is 0.375 e. The first kappa shape index (κ1) is 12.4. The molecule has 16 heavy (non-hydrogen) atoms. The van der Waals surface area contributed by atoms with E-state index in [4.69, 9.17) is 4.74 Å². The van der Waals surface area contributed by atoms with Gasteiger partial charge in [0.15, 0.2) is 0 Å². The van der Waals surface area contributed by atoms with E-state index in [-0.39, 0.29) is 5.60 Å². The summed E-state index contributed by atoms with van der Waals surface area (Å²) in [4.78, 5) is 0. The van der Waals surface area contributed by atoms with Crippen LogP contribution in [0.5, 0.6) is 0 Å². The summed E-state index contributed by atoms with van der Waals surface area (Å²) in [5.41, 5.74) is 0.248. The van der Waals surface area contributed by atoms with Crippen LogP contribution in [0, 0.1) is 5.92 Å². The fraction of sp³-hybridized carbons (Fsp3) is 1.00. The molecule has 2 heteroatoms. The van der Waals surface area contributed by atoms with Gasteiger partial charge in [-0.3, -0.25) is 0 Å². The first-order valence-corrected chi connectivity index (χ1v) is 7.18. The summed E-state index contributed by atoms with van der Waals surface area (Å²) in [5, 5.41) is 3.69. The molecule has 0 bridgehead atoms. The Morgan fingerprint density at radius 1 is 1.31 bits per heavy atom. The Morgan fingerprint density at radius 2 is 2.19 bits per heavy atom. The van der Waals surface area contributed by atoms with E-state index in [0.717, 1.165) is 19.1 Å². The molecular formula is C14H27NO. The molecule has 2 rings (SSSR count). The Morgan fingerprint density at radius 3 is 2.94 bits per heavy atom. The zero-order chi connectivity index (χ0) is 11.4. The lowest BCUT2D eigenvalue weighted by Crippen LogP contribution is -2.49. The van der Waals surface area contributed by atoms with E-state index in [2.05, 4.69) is 19.2 Å². The van der Waals surface area contributed by atoms with Crippen LogP contribution in [0.1, 0.15) is 58.8 Å². The number of rotatable bonds is 4. The normalized spacial score (nSPS) is 39.4. The topological polar surface area (TPSA) is 21.3 Å². The van der Waals surface area contributed by atoms with Gasteiger partial charge in [0, 0.05) is 12.6 Å². The molecule has 2 aliphatic rings. The van der Waals surface area contributed by atoms with Crippen LogP contribution >= 0.6 is 0 Å². The molecular weight excluding hydrogens is 198 g/mol. The molecule has 0 aromatic heterocycles. The van der Waals surface area contributed by atoms with Crippen LogP contribution in [0.3, 0.4) is 0 Å². The predicted molar refractivity (Wildman–Crippen MR) is 67.6 cm³/mol. The lowest BCUT2D eigenvalue weighted by atomic mass is 9.80. The number of hydrogen-bond donors (Lipinski definition) is 1. The molecule has 2 nitrogen and oxygen atoms in total. The van der Waals surface area contributed by atoms with Crippen molar-refractivity contribution >= 4 is 0 Å². The monoisotopic (exact) mass is 225 g/mol. The summed E-state index contributed by atoms with van der Waals surface area (Å²) in [6.07, 6.45) is 9.05. The van der Waals surface area contributed by atoms with Crippen molar-refractivity contribution in [2.24, 2.45) is 5.92 Å². The van der Waals surface area contributed by atoms with E-state index in [1.54, 1.807) is 0 Å². The highest BCUT2D eigenvalue weighted by Crippen LogP contribution is 2.45. The van der Waals surface area contributed by atoms with Crippen molar-refractivity contribution in [3.63, 3.8) is 0 Å². The van der Waals surface area contributed by atoms with Crippen molar-refractivity contribution in [1.82, 2.24) is 5.32 Å². The minimum atomic E-state index is 0.248. The first-order chi connectivity index (χ1) is 7.80. The van der Waals surface area contributed by atoms with Crippen molar-refractivity contribution in [3.8, 4) is 0 Å². The van der Waals surface area contributed by atoms with Gasteiger partial charge in [0.2, 0.25) is 0 Å². The van der Waals surface area contributed by atoms with Crippen molar-refractivity contribution in [3.05, 3.63) is 0 Å². The zero-order valence-electron chi connectivity index (χ0n) is 10.9. The Labute approximate surface area is 100 Å². The summed E-state index contributed by atoms with van der Waals surface area (Å²) in [7, 11) is 0. The number of ether oxygens (including phenoxy) is 1. The molecule has 1 heterocycles. The number of nitrogens with one attached hydrogen (secondary N) is 1. The van der Waals surface area contributed by atoms with E-state index in [0.29, 0.717) is 6.04 Å². The molecule has 3 unspecified atom stereocenters. The van der Waals surface area contributed by atoms with Gasteiger partial charge in [0.05, 0.1) is 5.60 Å². The van der Waals surface area contributed by atoms with Crippen LogP contribution in [-0.4, -0.2) is 24.8 Å². The molecule has 1 saturated heterocycles. The van der Waals surface area contributed by atoms with E-state index in [9.17, 15) is 0 Å². The average Bonchev–Trinajstić information content (AvgIpc) is 2.69. The van der Waals surface area contributed by atoms with Crippen molar-refractivity contribution in [1.29, 1.82) is 0 Å². The molecule has 1 N–H and O–H groups in total. The van der Waals surface area contributed by atoms with E-state index < -0.39 is 0 Å². The quantitative estimate of drug-likeness (QED) is 0.794. The van der Waals surface area contributed by atoms with Crippen LogP contribution in [0.4, 0.5) is 0 Å². The Kier molecular flexibility index (Phi) is 4.26. The molecule has 0 radical (unpaired) electrons. The highest BCUT2D eigenvalue weighted by molar-refractivity contribution is 4.98. The zero-order valence-corrected chi connectivity index (χ0v) is 10.9. The van der Waals surface area contributed by atoms with Gasteiger partial charge in [-0.05, 0) is 44.6 Å². The fourth-order valence-electron chi connectivity index (χ4n) is 3.65. The highest BCUT2D eigenvalue weighted by Gasteiger charge is 2.46. The van der Waals surface area contributed by atoms with Crippen LogP contribution < -0.4 is 5.32 Å². The smallest absolute Gasteiger partial charge is 0.0725 e. The minimum Gasteiger partial charge on any atom is -0.375 e. The van der Waals surface area contributed by atoms with Crippen LogP contribution in [0.2, 0.25) is 0 Å². The summed E-state index contributed by atoms with van der Waals surface area (Å²) in [5.74, 6) is 0.818. The van der Waals surface area contributed by atoms with E-state index in [1.807, 2.05) is 0 Å². The van der Waals surface area contributed by atoms with Crippen LogP contribution in [-0.2, 0) is 4.74 Å². The van der Waals surface area contributed by atoms with Gasteiger partial charge in [-0.25, -0.2) is 0 Å². The van der Waals surface area contributed by atoms with Crippen LogP contribution in [0.15, 0.2) is 0 Å². The molecule has 0 amide bonds. The first-order valence-electron chi connectivity index (χ1n) is 7.18. The molecule has 3 atom stereocenters. The number of hydrogen-bond acceptors (Lipinski definition) is 2. The lowest BCUT2D eigenvalue weighted by Gasteiger charge is -2.42. The average molecular weight is 225 g/mol. The van der Waals surface area contributed by atoms with Gasteiger partial charge in [-0.15, -0.1) is 0 Å². The third-order valence-electron chi connectivity index (χ3n) is 4.52. The van der Waals surface area contributed by atoms with E-state index >= 15 is 0 Å². The van der Waals surface area contributed by atoms with Crippen molar-refractivity contribution in [2.75, 3.05) is 13.2 Å². The SMILES string of the molecule is CCCNC1CCOC2(CCCC2CC)C1. The second-order valence-electron chi connectivity index (χ2n) is 5.55. The van der Waals surface area contributed by atoms with Gasteiger partial charge in [0.25, 0.3) is 0 Å². The summed E-state index contributed by atoms with van der Waals surface area (Å²) < 4.78 is 6.20. The Balaban J connectivity index is 1.94. The molecule has 94 valence electrons. The van der Waals surface area contributed by atoms with Crippen molar-refractivity contribution < 1.29 is 4.74 Å². The Bertz CT molecular complexity index is 219. The summed E-state index contributed by atoms with van der Waals surface area (Å²) >= 11 is 0. The third kappa shape index (κ3) is 2.43. The second kappa shape index (κ2) is 5.50. The predicted octanol–water partition coefficient (Wildman–Crippen LogP) is 3.11. The second-order valence-corrected chi connectivity index (χ2v) is 5.55. The maximum Gasteiger partial charge on any atom is 0.0725 e. The highest BCUT2D eigenvalue weighted by atomic mass is 16.5. The molecule has 0 aromatic carbocycles. The lowest BCUT2D eigenvalue weighted by molar-refractivity contribution is -0.112. The van der Waals surface area contributed by atoms with Gasteiger partial charge >= 0.3 is 0 Å². The Hall–Kier alpha value is -0.0800. The molecule has 1 aliphatic heterocycles. The summed E-state index contributed by atoms with van der Waals surface area (Å²) in [6.45, 7) is 6.70. The molecule has 1 aliphatic carbocycles. The third-order valence-corrected chi connectivity index (χ3v) is 4.52. The van der Waals surface area contributed by atoms with Gasteiger partial charge in [0.1, 0.15) is 0 Å². The fourth-order valence-corrected chi connectivity index (χ4v) is 3.65. The van der Waals surface area contributed by atoms with E-state index in [1.165, 1.54) is 44.9 Å². The minimum absolute atomic E-state index is 0.248. The maximum atomic E-state index is 6.20. The molecule has 2 fully saturated rings. The van der Waals surface area contributed by atoms with Gasteiger partial charge < -0.3 is 10.1 Å². The maximum absolute atomic E-state index is 6.20.